The molecule has 7 heteroatoms. The number of hydrogen-bond donors (Lipinski definition) is 1. The van der Waals surface area contributed by atoms with Crippen LogP contribution in [0.3, 0.4) is 0 Å². The Morgan fingerprint density at radius 1 is 0.933 bits per heavy atom. The molecule has 0 fully saturated rings. The number of carbonyl (C=O) groups is 1. The number of anilines is 2. The molecule has 1 aliphatic rings. The molecular formula is C23H18N4OS2. The van der Waals surface area contributed by atoms with Gasteiger partial charge in [0.2, 0.25) is 4.80 Å². The maximum atomic E-state index is 13.4. The van der Waals surface area contributed by atoms with Crippen LogP contribution in [0.5, 0.6) is 0 Å². The molecule has 0 saturated heterocycles. The molecule has 148 valence electrons. The Labute approximate surface area is 182 Å². The van der Waals surface area contributed by atoms with Crippen LogP contribution in [0.1, 0.15) is 5.56 Å². The summed E-state index contributed by atoms with van der Waals surface area (Å²) in [5.41, 5.74) is 3.86. The Morgan fingerprint density at radius 3 is 2.17 bits per heavy atom. The average Bonchev–Trinajstić information content (AvgIpc) is 3.12. The number of hydrogen-bond acceptors (Lipinski definition) is 5. The molecule has 0 spiro atoms. The Bertz CT molecular complexity index is 1260. The number of nitrogens with zero attached hydrogens (tertiary/aromatic N) is 3. The van der Waals surface area contributed by atoms with E-state index in [0.717, 1.165) is 31.7 Å². The lowest BCUT2D eigenvalue weighted by Gasteiger charge is -2.30. The third-order valence-corrected chi connectivity index (χ3v) is 6.95. The number of rotatable bonds is 3. The molecule has 5 rings (SSSR count). The number of aryl methyl sites for hydroxylation is 1. The van der Waals surface area contributed by atoms with Gasteiger partial charge < -0.3 is 0 Å². The van der Waals surface area contributed by atoms with Gasteiger partial charge >= 0.3 is 0 Å². The molecule has 1 N–H and O–H groups in total. The van der Waals surface area contributed by atoms with Crippen molar-refractivity contribution < 1.29 is 4.79 Å². The minimum Gasteiger partial charge on any atom is -0.277 e. The summed E-state index contributed by atoms with van der Waals surface area (Å²) < 4.78 is 1.48. The molecule has 4 aromatic rings. The van der Waals surface area contributed by atoms with E-state index in [-0.39, 0.29) is 17.3 Å². The van der Waals surface area contributed by atoms with Crippen LogP contribution in [0.2, 0.25) is 0 Å². The van der Waals surface area contributed by atoms with Gasteiger partial charge in [0.15, 0.2) is 0 Å². The average molecular weight is 431 g/mol. The van der Waals surface area contributed by atoms with Gasteiger partial charge in [-0.2, -0.15) is 5.10 Å². The van der Waals surface area contributed by atoms with Crippen molar-refractivity contribution in [2.24, 2.45) is 0 Å². The second-order valence-electron chi connectivity index (χ2n) is 7.00. The van der Waals surface area contributed by atoms with Crippen molar-refractivity contribution in [1.82, 2.24) is 9.78 Å². The zero-order chi connectivity index (χ0) is 20.7. The topological polar surface area (TPSA) is 62.0 Å². The van der Waals surface area contributed by atoms with Crippen LogP contribution in [0.25, 0.3) is 10.6 Å². The lowest BCUT2D eigenvalue weighted by molar-refractivity contribution is -0.118. The first kappa shape index (κ1) is 18.8. The van der Waals surface area contributed by atoms with Gasteiger partial charge in [-0.3, -0.25) is 15.1 Å². The maximum Gasteiger partial charge on any atom is 0.253 e. The van der Waals surface area contributed by atoms with E-state index >= 15 is 0 Å². The molecule has 3 aromatic carbocycles. The third kappa shape index (κ3) is 3.36. The van der Waals surface area contributed by atoms with Crippen LogP contribution >= 0.6 is 23.1 Å². The minimum atomic E-state index is -0.116. The largest absolute Gasteiger partial charge is 0.277 e. The number of nitrogens with one attached hydrogen (secondary N) is 1. The summed E-state index contributed by atoms with van der Waals surface area (Å²) in [6.45, 7) is 2.04. The van der Waals surface area contributed by atoms with Crippen molar-refractivity contribution in [3.05, 3.63) is 83.2 Å². The predicted molar refractivity (Wildman–Crippen MR) is 120 cm³/mol. The van der Waals surface area contributed by atoms with Crippen LogP contribution in [-0.2, 0) is 11.3 Å². The van der Waals surface area contributed by atoms with Crippen LogP contribution in [0.15, 0.2) is 82.6 Å². The fourth-order valence-corrected chi connectivity index (χ4v) is 5.26. The number of fused-ring (bicyclic) bond motifs is 2. The zero-order valence-electron chi connectivity index (χ0n) is 16.2. The molecule has 0 aliphatic carbocycles. The van der Waals surface area contributed by atoms with E-state index in [1.165, 1.54) is 21.6 Å². The van der Waals surface area contributed by atoms with Crippen LogP contribution in [-0.4, -0.2) is 15.7 Å². The summed E-state index contributed by atoms with van der Waals surface area (Å²) >= 11 is 2.94. The summed E-state index contributed by atoms with van der Waals surface area (Å²) in [6.07, 6.45) is 0. The van der Waals surface area contributed by atoms with Crippen molar-refractivity contribution in [2.45, 2.75) is 23.3 Å². The first-order valence-corrected chi connectivity index (χ1v) is 11.1. The molecule has 0 bridgehead atoms. The molecule has 30 heavy (non-hydrogen) atoms. The van der Waals surface area contributed by atoms with Crippen molar-refractivity contribution >= 4 is 40.4 Å². The molecule has 1 amide bonds. The second-order valence-corrected chi connectivity index (χ2v) is 9.06. The molecule has 1 aliphatic heterocycles. The molecule has 0 saturated carbocycles. The van der Waals surface area contributed by atoms with Crippen LogP contribution in [0, 0.1) is 12.3 Å². The summed E-state index contributed by atoms with van der Waals surface area (Å²) in [4.78, 5) is 17.5. The Kier molecular flexibility index (Phi) is 4.77. The van der Waals surface area contributed by atoms with Gasteiger partial charge in [0.05, 0.1) is 11.4 Å². The SMILES string of the molecule is Cc1ccc(-c2nn(CC(=O)N3c4ccccc4Sc4ccccc43)c(=N)s2)cc1. The quantitative estimate of drug-likeness (QED) is 0.484. The summed E-state index contributed by atoms with van der Waals surface area (Å²) in [5, 5.41) is 13.6. The number of carbonyl (C=O) groups excluding carboxylic acids is 1. The highest BCUT2D eigenvalue weighted by Gasteiger charge is 2.28. The first-order chi connectivity index (χ1) is 14.6. The van der Waals surface area contributed by atoms with E-state index < -0.39 is 0 Å². The minimum absolute atomic E-state index is 0.00846. The van der Waals surface area contributed by atoms with E-state index in [4.69, 9.17) is 5.41 Å². The predicted octanol–water partition coefficient (Wildman–Crippen LogP) is 5.23. The highest BCUT2D eigenvalue weighted by molar-refractivity contribution is 7.99. The van der Waals surface area contributed by atoms with Gasteiger partial charge in [-0.05, 0) is 31.2 Å². The monoisotopic (exact) mass is 430 g/mol. The number of benzene rings is 3. The maximum absolute atomic E-state index is 13.4. The van der Waals surface area contributed by atoms with Gasteiger partial charge in [-0.1, -0.05) is 77.2 Å². The fraction of sp³-hybridized carbons (Fsp3) is 0.0870. The lowest BCUT2D eigenvalue weighted by atomic mass is 10.2. The van der Waals surface area contributed by atoms with Gasteiger partial charge in [-0.25, -0.2) is 4.68 Å². The molecule has 0 atom stereocenters. The Morgan fingerprint density at radius 2 is 1.53 bits per heavy atom. The van der Waals surface area contributed by atoms with Gasteiger partial charge in [-0.15, -0.1) is 0 Å². The number of para-hydroxylation sites is 2. The first-order valence-electron chi connectivity index (χ1n) is 9.48. The highest BCUT2D eigenvalue weighted by Crippen LogP contribution is 2.47. The van der Waals surface area contributed by atoms with Crippen molar-refractivity contribution in [1.29, 1.82) is 5.41 Å². The van der Waals surface area contributed by atoms with Gasteiger partial charge in [0, 0.05) is 15.4 Å². The van der Waals surface area contributed by atoms with Crippen LogP contribution < -0.4 is 9.70 Å². The molecule has 2 heterocycles. The van der Waals surface area contributed by atoms with E-state index in [2.05, 4.69) is 5.10 Å². The van der Waals surface area contributed by atoms with Crippen molar-refractivity contribution in [3.8, 4) is 10.6 Å². The zero-order valence-corrected chi connectivity index (χ0v) is 17.8. The Hall–Kier alpha value is -3.16. The number of aromatic nitrogens is 2. The molecule has 0 unspecified atom stereocenters. The smallest absolute Gasteiger partial charge is 0.253 e. The van der Waals surface area contributed by atoms with Crippen molar-refractivity contribution in [3.63, 3.8) is 0 Å². The molecule has 5 nitrogen and oxygen atoms in total. The molecule has 1 aromatic heterocycles. The van der Waals surface area contributed by atoms with Gasteiger partial charge in [0.1, 0.15) is 11.6 Å². The molecule has 0 radical (unpaired) electrons. The number of amides is 1. The Balaban J connectivity index is 1.50. The second kappa shape index (κ2) is 7.59. The van der Waals surface area contributed by atoms with Crippen LogP contribution in [0.4, 0.5) is 11.4 Å². The van der Waals surface area contributed by atoms with E-state index in [1.807, 2.05) is 79.7 Å². The lowest BCUT2D eigenvalue weighted by Crippen LogP contribution is -2.34. The standard InChI is InChI=1S/C23H18N4OS2/c1-15-10-12-16(13-11-15)22-25-26(23(24)30-22)14-21(28)27-17-6-2-4-8-19(17)29-20-9-5-3-7-18(20)27/h2-13,24H,14H2,1H3. The fourth-order valence-electron chi connectivity index (χ4n) is 3.41. The summed E-state index contributed by atoms with van der Waals surface area (Å²) in [5.74, 6) is -0.116. The highest BCUT2D eigenvalue weighted by atomic mass is 32.2. The summed E-state index contributed by atoms with van der Waals surface area (Å²) in [6, 6.07) is 23.8. The molecular weight excluding hydrogens is 412 g/mol. The summed E-state index contributed by atoms with van der Waals surface area (Å²) in [7, 11) is 0. The third-order valence-electron chi connectivity index (χ3n) is 4.90. The van der Waals surface area contributed by atoms with Crippen molar-refractivity contribution in [2.75, 3.05) is 4.90 Å². The normalized spacial score (nSPS) is 12.4. The van der Waals surface area contributed by atoms with E-state index in [0.29, 0.717) is 0 Å². The van der Waals surface area contributed by atoms with Gasteiger partial charge in [0.25, 0.3) is 5.91 Å². The van der Waals surface area contributed by atoms with E-state index in [9.17, 15) is 4.79 Å². The van der Waals surface area contributed by atoms with E-state index in [1.54, 1.807) is 16.7 Å².